The van der Waals surface area contributed by atoms with E-state index in [2.05, 4.69) is 12.1 Å². The molecule has 6 rings (SSSR count). The first-order valence-corrected chi connectivity index (χ1v) is 15.0. The van der Waals surface area contributed by atoms with E-state index in [1.807, 2.05) is 36.4 Å². The van der Waals surface area contributed by atoms with E-state index >= 15 is 0 Å². The number of halogens is 2. The summed E-state index contributed by atoms with van der Waals surface area (Å²) in [6.45, 7) is 0. The molecule has 0 fully saturated rings. The van der Waals surface area contributed by atoms with E-state index < -0.39 is 0 Å². The molecule has 0 spiro atoms. The highest BCUT2D eigenvalue weighted by Crippen LogP contribution is 2.34. The van der Waals surface area contributed by atoms with Crippen LogP contribution in [0.15, 0.2) is 75.4 Å². The molecule has 3 aromatic rings. The molecule has 0 radical (unpaired) electrons. The molecular formula is C28H22Cl2O4S3. The van der Waals surface area contributed by atoms with Gasteiger partial charge in [0.05, 0.1) is 5.88 Å². The van der Waals surface area contributed by atoms with Gasteiger partial charge in [0.25, 0.3) is 0 Å². The summed E-state index contributed by atoms with van der Waals surface area (Å²) < 4.78 is 0. The second-order valence-corrected chi connectivity index (χ2v) is 12.3. The number of aryl methyl sites for hydroxylation is 1. The quantitative estimate of drug-likeness (QED) is 0.245. The van der Waals surface area contributed by atoms with Crippen molar-refractivity contribution in [3.63, 3.8) is 0 Å². The molecule has 0 aromatic heterocycles. The lowest BCUT2D eigenvalue weighted by Gasteiger charge is -2.00. The standard InChI is InChI=1S/C10H7ClO2S.C10H9ClOS.C8H6OS/c11-5-8(12)6-1-2-7-4-10(13)14-9(7)3-6;11-4-3-7-1-2-8-6-10(12)13-9(8)5-7;9-8-5-6-3-1-2-4-7(6)10-8/h1-3H,4-5H2;1-2,5H,3-4,6H2;1-4H,5H2. The SMILES string of the molecule is O=C1Cc2ccc(C(=O)CCl)cc2S1.O=C1Cc2ccc(CCCl)cc2S1.O=C1Cc2ccccc2S1. The van der Waals surface area contributed by atoms with Crippen LogP contribution in [0.1, 0.15) is 32.6 Å². The number of rotatable bonds is 4. The first-order chi connectivity index (χ1) is 17.9. The number of carbonyl (C=O) groups is 4. The van der Waals surface area contributed by atoms with Crippen LogP contribution in [0.2, 0.25) is 0 Å². The third kappa shape index (κ3) is 7.52. The summed E-state index contributed by atoms with van der Waals surface area (Å²) in [7, 11) is 0. The van der Waals surface area contributed by atoms with Crippen molar-refractivity contribution >= 4 is 79.6 Å². The Labute approximate surface area is 238 Å². The van der Waals surface area contributed by atoms with Crippen LogP contribution in [0.5, 0.6) is 0 Å². The fourth-order valence-corrected chi connectivity index (χ4v) is 6.99. The molecule has 0 atom stereocenters. The molecule has 3 aromatic carbocycles. The highest BCUT2D eigenvalue weighted by Gasteiger charge is 2.21. The number of ketones is 1. The van der Waals surface area contributed by atoms with Gasteiger partial charge in [-0.05, 0) is 46.9 Å². The van der Waals surface area contributed by atoms with Gasteiger partial charge in [0.1, 0.15) is 0 Å². The molecule has 4 nitrogen and oxygen atoms in total. The van der Waals surface area contributed by atoms with Gasteiger partial charge in [0.15, 0.2) is 21.1 Å². The lowest BCUT2D eigenvalue weighted by Crippen LogP contribution is -2.00. The summed E-state index contributed by atoms with van der Waals surface area (Å²) in [5.41, 5.74) is 5.15. The summed E-state index contributed by atoms with van der Waals surface area (Å²) >= 11 is 15.0. The second kappa shape index (κ2) is 13.2. The summed E-state index contributed by atoms with van der Waals surface area (Å²) in [4.78, 5) is 47.5. The predicted octanol–water partition coefficient (Wildman–Crippen LogP) is 6.79. The molecule has 3 aliphatic rings. The number of carbonyl (C=O) groups excluding carboxylic acids is 4. The van der Waals surface area contributed by atoms with Crippen molar-refractivity contribution in [2.45, 2.75) is 40.4 Å². The average Bonchev–Trinajstić information content (AvgIpc) is 3.57. The first-order valence-electron chi connectivity index (χ1n) is 11.5. The Hall–Kier alpha value is -2.03. The van der Waals surface area contributed by atoms with Gasteiger partial charge in [0.2, 0.25) is 0 Å². The molecule has 0 saturated heterocycles. The van der Waals surface area contributed by atoms with Gasteiger partial charge in [-0.2, -0.15) is 0 Å². The van der Waals surface area contributed by atoms with Crippen LogP contribution >= 0.6 is 58.5 Å². The van der Waals surface area contributed by atoms with Crippen LogP contribution in [0.3, 0.4) is 0 Å². The van der Waals surface area contributed by atoms with Crippen molar-refractivity contribution < 1.29 is 19.2 Å². The van der Waals surface area contributed by atoms with Gasteiger partial charge >= 0.3 is 0 Å². The lowest BCUT2D eigenvalue weighted by atomic mass is 10.1. The summed E-state index contributed by atoms with van der Waals surface area (Å²) in [6, 6.07) is 19.4. The van der Waals surface area contributed by atoms with E-state index in [-0.39, 0.29) is 27.0 Å². The lowest BCUT2D eigenvalue weighted by molar-refractivity contribution is -0.110. The van der Waals surface area contributed by atoms with Gasteiger partial charge in [-0.25, -0.2) is 0 Å². The number of hydrogen-bond donors (Lipinski definition) is 0. The van der Waals surface area contributed by atoms with Crippen LogP contribution in [-0.2, 0) is 40.1 Å². The van der Waals surface area contributed by atoms with E-state index in [0.29, 0.717) is 30.7 Å². The van der Waals surface area contributed by atoms with E-state index in [0.717, 1.165) is 32.2 Å². The number of fused-ring (bicyclic) bond motifs is 3. The predicted molar refractivity (Wildman–Crippen MR) is 153 cm³/mol. The molecular weight excluding hydrogens is 567 g/mol. The number of thioether (sulfide) groups is 3. The number of hydrogen-bond acceptors (Lipinski definition) is 7. The molecule has 0 aliphatic carbocycles. The van der Waals surface area contributed by atoms with Gasteiger partial charge < -0.3 is 0 Å². The molecule has 0 N–H and O–H groups in total. The van der Waals surface area contributed by atoms with E-state index in [4.69, 9.17) is 23.2 Å². The summed E-state index contributed by atoms with van der Waals surface area (Å²) in [5.74, 6) is 0.517. The zero-order chi connectivity index (χ0) is 26.4. The molecule has 3 heterocycles. The third-order valence-electron chi connectivity index (χ3n) is 5.67. The Kier molecular flexibility index (Phi) is 9.96. The zero-order valence-corrected chi connectivity index (χ0v) is 23.6. The molecule has 0 bridgehead atoms. The smallest absolute Gasteiger partial charge is 0.198 e. The third-order valence-corrected chi connectivity index (χ3v) is 9.04. The van der Waals surface area contributed by atoms with E-state index in [9.17, 15) is 19.2 Å². The Morgan fingerprint density at radius 3 is 1.81 bits per heavy atom. The molecule has 0 saturated carbocycles. The summed E-state index contributed by atoms with van der Waals surface area (Å²) in [5, 5.41) is 0.648. The van der Waals surface area contributed by atoms with Crippen molar-refractivity contribution in [2.24, 2.45) is 0 Å². The van der Waals surface area contributed by atoms with Crippen molar-refractivity contribution in [1.29, 1.82) is 0 Å². The monoisotopic (exact) mass is 588 g/mol. The Balaban J connectivity index is 0.000000131. The van der Waals surface area contributed by atoms with Crippen LogP contribution in [0, 0.1) is 0 Å². The first kappa shape index (κ1) is 28.0. The molecule has 190 valence electrons. The van der Waals surface area contributed by atoms with Crippen molar-refractivity contribution in [1.82, 2.24) is 0 Å². The fraction of sp³-hybridized carbons (Fsp3) is 0.214. The largest absolute Gasteiger partial charge is 0.293 e. The molecule has 3 aliphatic heterocycles. The molecule has 9 heteroatoms. The van der Waals surface area contributed by atoms with Gasteiger partial charge in [0, 0.05) is 45.4 Å². The minimum absolute atomic E-state index is 0.0165. The van der Waals surface area contributed by atoms with E-state index in [1.54, 1.807) is 12.1 Å². The molecule has 0 amide bonds. The van der Waals surface area contributed by atoms with Crippen molar-refractivity contribution in [2.75, 3.05) is 11.8 Å². The van der Waals surface area contributed by atoms with Crippen LogP contribution in [-0.4, -0.2) is 32.9 Å². The average molecular weight is 590 g/mol. The molecule has 37 heavy (non-hydrogen) atoms. The van der Waals surface area contributed by atoms with Crippen LogP contribution < -0.4 is 0 Å². The van der Waals surface area contributed by atoms with Gasteiger partial charge in [-0.3, -0.25) is 19.2 Å². The maximum atomic E-state index is 11.3. The highest BCUT2D eigenvalue weighted by molar-refractivity contribution is 8.14. The Morgan fingerprint density at radius 1 is 0.676 bits per heavy atom. The number of benzene rings is 3. The maximum absolute atomic E-state index is 11.3. The van der Waals surface area contributed by atoms with Crippen LogP contribution in [0.4, 0.5) is 0 Å². The second-order valence-electron chi connectivity index (χ2n) is 8.32. The normalized spacial score (nSPS) is 14.7. The minimum atomic E-state index is -0.102. The van der Waals surface area contributed by atoms with Gasteiger partial charge in [-0.1, -0.05) is 77.8 Å². The Bertz CT molecular complexity index is 1350. The topological polar surface area (TPSA) is 68.3 Å². The van der Waals surface area contributed by atoms with Gasteiger partial charge in [-0.15, -0.1) is 23.2 Å². The number of Topliss-reactive ketones (excluding diaryl/α,β-unsaturated/α-hetero) is 1. The fourth-order valence-electron chi connectivity index (χ4n) is 3.84. The maximum Gasteiger partial charge on any atom is 0.198 e. The zero-order valence-electron chi connectivity index (χ0n) is 19.6. The Morgan fingerprint density at radius 2 is 1.22 bits per heavy atom. The summed E-state index contributed by atoms with van der Waals surface area (Å²) in [6.07, 6.45) is 2.54. The highest BCUT2D eigenvalue weighted by atomic mass is 35.5. The molecule has 0 unspecified atom stereocenters. The van der Waals surface area contributed by atoms with Crippen molar-refractivity contribution in [3.8, 4) is 0 Å². The number of alkyl halides is 2. The minimum Gasteiger partial charge on any atom is -0.293 e. The van der Waals surface area contributed by atoms with Crippen molar-refractivity contribution in [3.05, 3.63) is 88.5 Å². The van der Waals surface area contributed by atoms with Crippen LogP contribution in [0.25, 0.3) is 0 Å². The van der Waals surface area contributed by atoms with E-state index in [1.165, 1.54) is 46.4 Å².